The first kappa shape index (κ1) is 42.7. The zero-order chi connectivity index (χ0) is 31.2. The normalized spacial score (nSPS) is 10.4. The maximum absolute atomic E-state index is 5.70. The summed E-state index contributed by atoms with van der Waals surface area (Å²) >= 11 is 0. The quantitative estimate of drug-likeness (QED) is 0.236. The van der Waals surface area contributed by atoms with Crippen LogP contribution in [0.1, 0.15) is 90.7 Å². The van der Waals surface area contributed by atoms with Gasteiger partial charge in [-0.1, -0.05) is 102 Å². The van der Waals surface area contributed by atoms with E-state index in [0.29, 0.717) is 17.9 Å². The fraction of sp³-hybridized carbons (Fsp3) is 0.647. The Labute approximate surface area is 249 Å². The number of hydrogen-bond donors (Lipinski definition) is 5. The molecule has 0 aliphatic rings. The van der Waals surface area contributed by atoms with Crippen LogP contribution < -0.4 is 28.7 Å². The maximum Gasteiger partial charge on any atom is 0.0101 e. The van der Waals surface area contributed by atoms with Crippen molar-refractivity contribution >= 4 is 0 Å². The van der Waals surface area contributed by atoms with E-state index in [1.807, 2.05) is 12.1 Å². The molecule has 0 aliphatic heterocycles. The Morgan fingerprint density at radius 2 is 1.07 bits per heavy atom. The summed E-state index contributed by atoms with van der Waals surface area (Å²) in [6, 6.07) is 21.1. The Kier molecular flexibility index (Phi) is 32.2. The highest BCUT2D eigenvalue weighted by atomic mass is 15.0. The smallest absolute Gasteiger partial charge is 0.0101 e. The van der Waals surface area contributed by atoms with Gasteiger partial charge in [-0.2, -0.15) is 0 Å². The first-order chi connectivity index (χ1) is 18.9. The second kappa shape index (κ2) is 30.2. The molecule has 0 amide bonds. The van der Waals surface area contributed by atoms with E-state index in [2.05, 4.69) is 109 Å². The zero-order valence-corrected chi connectivity index (χ0v) is 27.5. The van der Waals surface area contributed by atoms with E-state index >= 15 is 0 Å². The van der Waals surface area contributed by atoms with Crippen LogP contribution in [0.25, 0.3) is 0 Å². The summed E-state index contributed by atoms with van der Waals surface area (Å²) in [5, 5.41) is 0. The summed E-state index contributed by atoms with van der Waals surface area (Å²) in [4.78, 5) is 2.13. The maximum atomic E-state index is 5.70. The number of benzene rings is 2. The summed E-state index contributed by atoms with van der Waals surface area (Å²) in [5.41, 5.74) is 29.6. The molecule has 0 saturated heterocycles. The van der Waals surface area contributed by atoms with Crippen LogP contribution in [-0.4, -0.2) is 58.3 Å². The lowest BCUT2D eigenvalue weighted by molar-refractivity contribution is 0.385. The van der Waals surface area contributed by atoms with Gasteiger partial charge in [-0.05, 0) is 108 Å². The summed E-state index contributed by atoms with van der Waals surface area (Å²) in [6.07, 6.45) is 5.47. The van der Waals surface area contributed by atoms with Crippen LogP contribution >= 0.6 is 0 Å². The Morgan fingerprint density at radius 3 is 1.25 bits per heavy atom. The number of hydrogen-bond acceptors (Lipinski definition) is 6. The van der Waals surface area contributed by atoms with E-state index in [-0.39, 0.29) is 0 Å². The van der Waals surface area contributed by atoms with E-state index in [1.54, 1.807) is 0 Å². The molecular weight excluding hydrogens is 492 g/mol. The Balaban J connectivity index is -0.000000482. The minimum Gasteiger partial charge on any atom is -0.330 e. The molecule has 0 unspecified atom stereocenters. The first-order valence-corrected chi connectivity index (χ1v) is 15.2. The van der Waals surface area contributed by atoms with Crippen LogP contribution in [0.5, 0.6) is 0 Å². The number of nitrogens with zero attached hydrogens (tertiary/aromatic N) is 1. The second-order valence-electron chi connectivity index (χ2n) is 11.8. The molecule has 2 aromatic rings. The number of nitrogens with two attached hydrogens (primary N) is 5. The molecule has 0 bridgehead atoms. The van der Waals surface area contributed by atoms with Crippen molar-refractivity contribution in [3.63, 3.8) is 0 Å². The highest BCUT2D eigenvalue weighted by molar-refractivity contribution is 5.32. The minimum atomic E-state index is 0.424. The lowest BCUT2D eigenvalue weighted by Gasteiger charge is -2.16. The van der Waals surface area contributed by atoms with Crippen molar-refractivity contribution < 1.29 is 0 Å². The molecule has 234 valence electrons. The minimum absolute atomic E-state index is 0.424. The van der Waals surface area contributed by atoms with Crippen LogP contribution in [0.2, 0.25) is 0 Å². The van der Waals surface area contributed by atoms with Gasteiger partial charge in [0.2, 0.25) is 0 Å². The van der Waals surface area contributed by atoms with E-state index in [1.165, 1.54) is 11.1 Å². The third-order valence-electron chi connectivity index (χ3n) is 5.60. The topological polar surface area (TPSA) is 133 Å². The van der Waals surface area contributed by atoms with E-state index in [4.69, 9.17) is 28.7 Å². The highest BCUT2D eigenvalue weighted by Crippen LogP contribution is 2.26. The molecule has 0 aliphatic carbocycles. The van der Waals surface area contributed by atoms with Gasteiger partial charge in [0, 0.05) is 5.92 Å². The van der Waals surface area contributed by atoms with Crippen LogP contribution in [0.15, 0.2) is 60.7 Å². The van der Waals surface area contributed by atoms with E-state index in [9.17, 15) is 0 Å². The standard InChI is InChI=1S/C15H17N.C6H15N.C5H14N2.C5H13N.C3H9N/c16-12-11-15(13-7-3-1-4-8-13)14-9-5-2-6-10-14;1-6(2,3)4-5-7;1-7(2)5-3-4-6;1-5(2)3-4-6;1-2-3-4/h1-10,15H,11-12,16H2;4-5,7H2,1-3H3;3-6H2,1-2H3;5H,3-4,6H2,1-2H3;2-4H2,1H3. The first-order valence-electron chi connectivity index (χ1n) is 15.2. The van der Waals surface area contributed by atoms with Crippen molar-refractivity contribution in [2.75, 3.05) is 53.4 Å². The molecule has 0 spiro atoms. The average molecular weight is 561 g/mol. The Morgan fingerprint density at radius 1 is 0.650 bits per heavy atom. The largest absolute Gasteiger partial charge is 0.330 e. The molecule has 0 atom stereocenters. The van der Waals surface area contributed by atoms with Crippen molar-refractivity contribution in [3.8, 4) is 0 Å². The van der Waals surface area contributed by atoms with Crippen molar-refractivity contribution in [3.05, 3.63) is 71.8 Å². The third kappa shape index (κ3) is 32.4. The molecule has 6 heteroatoms. The van der Waals surface area contributed by atoms with Gasteiger partial charge in [-0.25, -0.2) is 0 Å². The monoisotopic (exact) mass is 561 g/mol. The predicted octanol–water partition coefficient (Wildman–Crippen LogP) is 5.79. The molecule has 0 aromatic heterocycles. The fourth-order valence-electron chi connectivity index (χ4n) is 3.24. The van der Waals surface area contributed by atoms with Crippen LogP contribution in [0.3, 0.4) is 0 Å². The van der Waals surface area contributed by atoms with Crippen LogP contribution in [-0.2, 0) is 0 Å². The third-order valence-corrected chi connectivity index (χ3v) is 5.60. The van der Waals surface area contributed by atoms with Crippen LogP contribution in [0.4, 0.5) is 0 Å². The summed E-state index contributed by atoms with van der Waals surface area (Å²) in [6.45, 7) is 18.1. The summed E-state index contributed by atoms with van der Waals surface area (Å²) in [5.74, 6) is 1.20. The van der Waals surface area contributed by atoms with Gasteiger partial charge in [0.25, 0.3) is 0 Å². The fourth-order valence-corrected chi connectivity index (χ4v) is 3.24. The second-order valence-corrected chi connectivity index (χ2v) is 11.8. The molecule has 0 saturated carbocycles. The average Bonchev–Trinajstić information content (AvgIpc) is 2.92. The lowest BCUT2D eigenvalue weighted by Crippen LogP contribution is -2.16. The molecule has 6 nitrogen and oxygen atoms in total. The molecule has 0 radical (unpaired) electrons. The van der Waals surface area contributed by atoms with Crippen molar-refractivity contribution in [1.29, 1.82) is 0 Å². The van der Waals surface area contributed by atoms with Gasteiger partial charge in [0.05, 0.1) is 0 Å². The van der Waals surface area contributed by atoms with Gasteiger partial charge in [0.15, 0.2) is 0 Å². The molecule has 0 fully saturated rings. The summed E-state index contributed by atoms with van der Waals surface area (Å²) in [7, 11) is 4.10. The Hall–Kier alpha value is -1.80. The van der Waals surface area contributed by atoms with Gasteiger partial charge in [0.1, 0.15) is 0 Å². The molecule has 2 aromatic carbocycles. The number of rotatable bonds is 11. The molecule has 40 heavy (non-hydrogen) atoms. The van der Waals surface area contributed by atoms with Gasteiger partial charge in [-0.15, -0.1) is 0 Å². The van der Waals surface area contributed by atoms with E-state index < -0.39 is 0 Å². The molecular formula is C34H68N6. The zero-order valence-electron chi connectivity index (χ0n) is 27.5. The summed E-state index contributed by atoms with van der Waals surface area (Å²) < 4.78 is 0. The Bertz CT molecular complexity index is 673. The molecule has 0 heterocycles. The lowest BCUT2D eigenvalue weighted by atomic mass is 9.89. The predicted molar refractivity (Wildman–Crippen MR) is 182 cm³/mol. The van der Waals surface area contributed by atoms with E-state index in [0.717, 1.165) is 70.7 Å². The molecule has 2 rings (SSSR count). The van der Waals surface area contributed by atoms with Crippen molar-refractivity contribution in [2.45, 2.75) is 79.6 Å². The van der Waals surface area contributed by atoms with Gasteiger partial charge in [-0.3, -0.25) is 0 Å². The van der Waals surface area contributed by atoms with Crippen LogP contribution in [0, 0.1) is 11.3 Å². The van der Waals surface area contributed by atoms with Crippen molar-refractivity contribution in [2.24, 2.45) is 40.0 Å². The van der Waals surface area contributed by atoms with Gasteiger partial charge >= 0.3 is 0 Å². The molecule has 10 N–H and O–H groups in total. The SMILES string of the molecule is CC(C)(C)CCN.CC(C)CCN.CCCN.CN(C)CCCN.NCCC(c1ccccc1)c1ccccc1. The van der Waals surface area contributed by atoms with Gasteiger partial charge < -0.3 is 33.6 Å². The highest BCUT2D eigenvalue weighted by Gasteiger charge is 2.12. The van der Waals surface area contributed by atoms with Crippen molar-refractivity contribution in [1.82, 2.24) is 4.90 Å².